The average molecular weight is 620 g/mol. The maximum absolute atomic E-state index is 6.25. The van der Waals surface area contributed by atoms with Crippen molar-refractivity contribution in [2.45, 2.75) is 20.3 Å². The molecule has 3 nitrogen and oxygen atoms in total. The molecule has 0 saturated carbocycles. The number of aryl methyl sites for hydroxylation is 2. The number of hydrogen-bond donors (Lipinski definition) is 0. The molecule has 0 spiro atoms. The van der Waals surface area contributed by atoms with E-state index in [4.69, 9.17) is 4.42 Å². The standard InChI is InChI=1S/C30H23N2O.Ir/c1-20-17-22(19-24-11-8-13-26-25-12-6-7-14-27(25)33-29(24)26)18-21(2)28(20)32-16-15-31-30(32)23-9-4-3-5-10-23;/h3-9,11-18H,19H2,1-2H3;/q-1;. The van der Waals surface area contributed by atoms with Gasteiger partial charge in [-0.1, -0.05) is 48.5 Å². The Bertz CT molecular complexity index is 1590. The van der Waals surface area contributed by atoms with Crippen LogP contribution in [0.2, 0.25) is 0 Å². The minimum Gasteiger partial charge on any atom is -0.456 e. The van der Waals surface area contributed by atoms with Crippen LogP contribution in [-0.4, -0.2) is 9.55 Å². The Balaban J connectivity index is 0.00000241. The predicted octanol–water partition coefficient (Wildman–Crippen LogP) is 7.44. The largest absolute Gasteiger partial charge is 0.456 e. The van der Waals surface area contributed by atoms with Crippen LogP contribution in [0.3, 0.4) is 0 Å². The summed E-state index contributed by atoms with van der Waals surface area (Å²) >= 11 is 0. The van der Waals surface area contributed by atoms with Crippen molar-refractivity contribution in [1.82, 2.24) is 9.55 Å². The van der Waals surface area contributed by atoms with E-state index in [-0.39, 0.29) is 20.1 Å². The first-order valence-corrected chi connectivity index (χ1v) is 11.2. The summed E-state index contributed by atoms with van der Waals surface area (Å²) in [5.41, 5.74) is 9.00. The van der Waals surface area contributed by atoms with Crippen molar-refractivity contribution in [3.63, 3.8) is 0 Å². The fraction of sp³-hybridized carbons (Fsp3) is 0.100. The Hall–Kier alpha value is -3.46. The van der Waals surface area contributed by atoms with Gasteiger partial charge in [-0.2, -0.15) is 0 Å². The molecule has 2 aromatic heterocycles. The van der Waals surface area contributed by atoms with Crippen LogP contribution in [0.15, 0.2) is 95.7 Å². The molecule has 2 heterocycles. The van der Waals surface area contributed by atoms with Crippen LogP contribution in [0.4, 0.5) is 0 Å². The number of furan rings is 1. The molecule has 0 amide bonds. The molecule has 4 heteroatoms. The second-order valence-electron chi connectivity index (χ2n) is 8.54. The summed E-state index contributed by atoms with van der Waals surface area (Å²) in [4.78, 5) is 4.61. The van der Waals surface area contributed by atoms with Crippen LogP contribution < -0.4 is 0 Å². The van der Waals surface area contributed by atoms with E-state index < -0.39 is 0 Å². The van der Waals surface area contributed by atoms with Crippen molar-refractivity contribution >= 4 is 21.9 Å². The third-order valence-corrected chi connectivity index (χ3v) is 6.26. The smallest absolute Gasteiger partial charge is 0.138 e. The Morgan fingerprint density at radius 1 is 0.882 bits per heavy atom. The fourth-order valence-corrected chi connectivity index (χ4v) is 4.91. The molecule has 169 valence electrons. The molecule has 0 saturated heterocycles. The summed E-state index contributed by atoms with van der Waals surface area (Å²) in [5, 5.41) is 2.35. The molecule has 0 bridgehead atoms. The fourth-order valence-electron chi connectivity index (χ4n) is 4.91. The van der Waals surface area contributed by atoms with Crippen molar-refractivity contribution < 1.29 is 24.5 Å². The second-order valence-corrected chi connectivity index (χ2v) is 8.54. The quantitative estimate of drug-likeness (QED) is 0.192. The number of hydrogen-bond acceptors (Lipinski definition) is 2. The van der Waals surface area contributed by atoms with Crippen molar-refractivity contribution in [2.75, 3.05) is 0 Å². The zero-order valence-corrected chi connectivity index (χ0v) is 21.4. The van der Waals surface area contributed by atoms with Gasteiger partial charge in [-0.25, -0.2) is 0 Å². The zero-order chi connectivity index (χ0) is 22.4. The third-order valence-electron chi connectivity index (χ3n) is 6.26. The van der Waals surface area contributed by atoms with Gasteiger partial charge in [-0.3, -0.25) is 4.98 Å². The van der Waals surface area contributed by atoms with Gasteiger partial charge in [-0.15, -0.1) is 35.9 Å². The molecule has 0 aliphatic heterocycles. The molecule has 0 atom stereocenters. The normalized spacial score (nSPS) is 11.1. The van der Waals surface area contributed by atoms with Gasteiger partial charge in [0.1, 0.15) is 11.2 Å². The van der Waals surface area contributed by atoms with E-state index in [1.54, 1.807) is 0 Å². The van der Waals surface area contributed by atoms with Gasteiger partial charge in [0.15, 0.2) is 0 Å². The number of imidazole rings is 1. The van der Waals surface area contributed by atoms with Gasteiger partial charge in [0.25, 0.3) is 0 Å². The van der Waals surface area contributed by atoms with E-state index >= 15 is 0 Å². The first kappa shape index (κ1) is 22.3. The van der Waals surface area contributed by atoms with Crippen LogP contribution in [-0.2, 0) is 26.5 Å². The summed E-state index contributed by atoms with van der Waals surface area (Å²) in [6, 6.07) is 30.5. The van der Waals surface area contributed by atoms with Crippen LogP contribution in [0.1, 0.15) is 22.3 Å². The maximum atomic E-state index is 6.25. The van der Waals surface area contributed by atoms with E-state index in [2.05, 4.69) is 71.9 Å². The van der Waals surface area contributed by atoms with E-state index in [1.807, 2.05) is 48.8 Å². The summed E-state index contributed by atoms with van der Waals surface area (Å²) in [7, 11) is 0. The Morgan fingerprint density at radius 3 is 2.44 bits per heavy atom. The van der Waals surface area contributed by atoms with Crippen LogP contribution >= 0.6 is 0 Å². The number of benzene rings is 4. The van der Waals surface area contributed by atoms with E-state index in [0.29, 0.717) is 0 Å². The zero-order valence-electron chi connectivity index (χ0n) is 19.0. The molecule has 6 rings (SSSR count). The van der Waals surface area contributed by atoms with Crippen LogP contribution in [0, 0.1) is 19.9 Å². The van der Waals surface area contributed by atoms with Gasteiger partial charge in [0.2, 0.25) is 0 Å². The van der Waals surface area contributed by atoms with Gasteiger partial charge >= 0.3 is 0 Å². The van der Waals surface area contributed by atoms with Gasteiger partial charge < -0.3 is 8.98 Å². The van der Waals surface area contributed by atoms with Crippen molar-refractivity contribution in [3.8, 4) is 17.1 Å². The van der Waals surface area contributed by atoms with Crippen LogP contribution in [0.25, 0.3) is 39.0 Å². The maximum Gasteiger partial charge on any atom is 0.138 e. The van der Waals surface area contributed by atoms with Crippen molar-refractivity contribution in [1.29, 1.82) is 0 Å². The minimum atomic E-state index is 0. The number of rotatable bonds is 4. The van der Waals surface area contributed by atoms with Gasteiger partial charge in [-0.05, 0) is 42.2 Å². The summed E-state index contributed by atoms with van der Waals surface area (Å²) in [6.45, 7) is 4.35. The Kier molecular flexibility index (Phi) is 5.95. The number of fused-ring (bicyclic) bond motifs is 3. The Labute approximate surface area is 212 Å². The summed E-state index contributed by atoms with van der Waals surface area (Å²) < 4.78 is 8.41. The van der Waals surface area contributed by atoms with Gasteiger partial charge in [0, 0.05) is 55.4 Å². The monoisotopic (exact) mass is 620 g/mol. The van der Waals surface area contributed by atoms with E-state index in [1.165, 1.54) is 38.7 Å². The molecular weight excluding hydrogens is 597 g/mol. The number of nitrogens with zero attached hydrogens (tertiary/aromatic N) is 2. The molecule has 0 aliphatic rings. The molecule has 0 aliphatic carbocycles. The first-order chi connectivity index (χ1) is 16.2. The molecule has 0 fully saturated rings. The number of aromatic nitrogens is 2. The van der Waals surface area contributed by atoms with Gasteiger partial charge in [0.05, 0.1) is 5.82 Å². The second kappa shape index (κ2) is 9.06. The minimum absolute atomic E-state index is 0. The summed E-state index contributed by atoms with van der Waals surface area (Å²) in [5.74, 6) is 0.904. The molecule has 0 N–H and O–H groups in total. The Morgan fingerprint density at radius 2 is 1.65 bits per heavy atom. The molecule has 4 aromatic carbocycles. The summed E-state index contributed by atoms with van der Waals surface area (Å²) in [6.07, 6.45) is 4.70. The molecular formula is C30H23IrN2O-. The van der Waals surface area contributed by atoms with E-state index in [0.717, 1.165) is 29.0 Å². The third kappa shape index (κ3) is 3.79. The molecule has 34 heavy (non-hydrogen) atoms. The molecule has 0 unspecified atom stereocenters. The predicted molar refractivity (Wildman–Crippen MR) is 134 cm³/mol. The molecule has 6 aromatic rings. The number of para-hydroxylation sites is 2. The molecule has 1 radical (unpaired) electrons. The van der Waals surface area contributed by atoms with Crippen LogP contribution in [0.5, 0.6) is 0 Å². The van der Waals surface area contributed by atoms with Crippen molar-refractivity contribution in [2.24, 2.45) is 0 Å². The first-order valence-electron chi connectivity index (χ1n) is 11.2. The average Bonchev–Trinajstić information content (AvgIpc) is 3.45. The van der Waals surface area contributed by atoms with E-state index in [9.17, 15) is 0 Å². The SMILES string of the molecule is Cc1cc(Cc2cccc3c2oc2ccccc23)cc(C)c1-n1ccnc1-c1[c-]cccc1.[Ir]. The van der Waals surface area contributed by atoms with Crippen molar-refractivity contribution in [3.05, 3.63) is 120 Å². The topological polar surface area (TPSA) is 31.0 Å².